The molecule has 7 heteroatoms. The molecule has 1 aliphatic carbocycles. The predicted octanol–water partition coefficient (Wildman–Crippen LogP) is 1.57. The Hall–Kier alpha value is -2.57. The van der Waals surface area contributed by atoms with Crippen molar-refractivity contribution in [2.75, 3.05) is 18.9 Å². The standard InChI is InChI=1S/C17H24N4O3/c1-11(2)18-17(24)20-14-6-4-12(5-7-14)16(23)21(3)10-15(22)19-13-8-9-13/h4-7,11,13H,8-10H2,1-3H3,(H,19,22)(H2,18,20,24). The number of amides is 4. The van der Waals surface area contributed by atoms with Gasteiger partial charge in [0.15, 0.2) is 0 Å². The summed E-state index contributed by atoms with van der Waals surface area (Å²) >= 11 is 0. The Bertz CT molecular complexity index is 609. The van der Waals surface area contributed by atoms with Crippen molar-refractivity contribution in [3.63, 3.8) is 0 Å². The van der Waals surface area contributed by atoms with Gasteiger partial charge in [-0.2, -0.15) is 0 Å². The van der Waals surface area contributed by atoms with Gasteiger partial charge in [-0.1, -0.05) is 0 Å². The first-order valence-corrected chi connectivity index (χ1v) is 8.07. The fraction of sp³-hybridized carbons (Fsp3) is 0.471. The van der Waals surface area contributed by atoms with Gasteiger partial charge in [0.05, 0.1) is 6.54 Å². The van der Waals surface area contributed by atoms with Gasteiger partial charge < -0.3 is 20.9 Å². The van der Waals surface area contributed by atoms with E-state index >= 15 is 0 Å². The lowest BCUT2D eigenvalue weighted by Crippen LogP contribution is -2.39. The van der Waals surface area contributed by atoms with E-state index in [2.05, 4.69) is 16.0 Å². The van der Waals surface area contributed by atoms with E-state index in [4.69, 9.17) is 0 Å². The zero-order valence-electron chi connectivity index (χ0n) is 14.3. The minimum absolute atomic E-state index is 0.0339. The van der Waals surface area contributed by atoms with Crippen LogP contribution in [-0.4, -0.2) is 48.4 Å². The van der Waals surface area contributed by atoms with Crippen molar-refractivity contribution in [3.05, 3.63) is 29.8 Å². The number of carbonyl (C=O) groups excluding carboxylic acids is 3. The summed E-state index contributed by atoms with van der Waals surface area (Å²) in [5.74, 6) is -0.379. The molecule has 0 radical (unpaired) electrons. The first-order chi connectivity index (χ1) is 11.3. The van der Waals surface area contributed by atoms with E-state index in [9.17, 15) is 14.4 Å². The zero-order chi connectivity index (χ0) is 17.7. The summed E-state index contributed by atoms with van der Waals surface area (Å²) in [5, 5.41) is 8.26. The third-order valence-corrected chi connectivity index (χ3v) is 3.48. The van der Waals surface area contributed by atoms with Gasteiger partial charge in [0.2, 0.25) is 5.91 Å². The fourth-order valence-corrected chi connectivity index (χ4v) is 2.13. The van der Waals surface area contributed by atoms with E-state index in [1.165, 1.54) is 4.90 Å². The summed E-state index contributed by atoms with van der Waals surface area (Å²) in [6.45, 7) is 3.78. The van der Waals surface area contributed by atoms with Crippen molar-refractivity contribution in [2.24, 2.45) is 0 Å². The fourth-order valence-electron chi connectivity index (χ4n) is 2.13. The second kappa shape index (κ2) is 7.81. The number of nitrogens with one attached hydrogen (secondary N) is 3. The van der Waals surface area contributed by atoms with E-state index in [0.29, 0.717) is 11.3 Å². The number of benzene rings is 1. The first-order valence-electron chi connectivity index (χ1n) is 8.07. The lowest BCUT2D eigenvalue weighted by atomic mass is 10.2. The smallest absolute Gasteiger partial charge is 0.319 e. The molecule has 7 nitrogen and oxygen atoms in total. The van der Waals surface area contributed by atoms with E-state index < -0.39 is 0 Å². The molecule has 0 saturated heterocycles. The van der Waals surface area contributed by atoms with Gasteiger partial charge in [-0.3, -0.25) is 9.59 Å². The molecule has 4 amide bonds. The molecule has 0 aromatic heterocycles. The van der Waals surface area contributed by atoms with Crippen LogP contribution in [0, 0.1) is 0 Å². The Kier molecular flexibility index (Phi) is 5.78. The summed E-state index contributed by atoms with van der Waals surface area (Å²) in [4.78, 5) is 37.1. The molecule has 0 bridgehead atoms. The molecule has 0 spiro atoms. The number of rotatable bonds is 6. The molecule has 3 N–H and O–H groups in total. The van der Waals surface area contributed by atoms with Crippen LogP contribution in [0.5, 0.6) is 0 Å². The van der Waals surface area contributed by atoms with Gasteiger partial charge in [-0.05, 0) is 51.0 Å². The van der Waals surface area contributed by atoms with Crippen LogP contribution in [0.2, 0.25) is 0 Å². The summed E-state index contributed by atoms with van der Waals surface area (Å²) in [5.41, 5.74) is 1.06. The van der Waals surface area contributed by atoms with Crippen LogP contribution in [-0.2, 0) is 4.79 Å². The van der Waals surface area contributed by atoms with Gasteiger partial charge in [-0.15, -0.1) is 0 Å². The second-order valence-corrected chi connectivity index (χ2v) is 6.33. The van der Waals surface area contributed by atoms with E-state index in [0.717, 1.165) is 12.8 Å². The van der Waals surface area contributed by atoms with Crippen LogP contribution in [0.4, 0.5) is 10.5 Å². The van der Waals surface area contributed by atoms with Crippen LogP contribution < -0.4 is 16.0 Å². The average Bonchev–Trinajstić information content (AvgIpc) is 3.30. The molecule has 1 aromatic carbocycles. The number of urea groups is 1. The molecule has 24 heavy (non-hydrogen) atoms. The highest BCUT2D eigenvalue weighted by atomic mass is 16.2. The van der Waals surface area contributed by atoms with E-state index in [1.807, 2.05) is 13.8 Å². The SMILES string of the molecule is CC(C)NC(=O)Nc1ccc(C(=O)N(C)CC(=O)NC2CC2)cc1. The van der Waals surface area contributed by atoms with Crippen molar-refractivity contribution in [1.29, 1.82) is 0 Å². The van der Waals surface area contributed by atoms with Crippen LogP contribution >= 0.6 is 0 Å². The summed E-state index contributed by atoms with van der Waals surface area (Å²) in [6, 6.07) is 6.60. The third kappa shape index (κ3) is 5.57. The van der Waals surface area contributed by atoms with Gasteiger partial charge in [0.25, 0.3) is 5.91 Å². The average molecular weight is 332 g/mol. The third-order valence-electron chi connectivity index (χ3n) is 3.48. The highest BCUT2D eigenvalue weighted by molar-refractivity contribution is 5.97. The quantitative estimate of drug-likeness (QED) is 0.738. The Morgan fingerprint density at radius 3 is 2.33 bits per heavy atom. The van der Waals surface area contributed by atoms with E-state index in [-0.39, 0.29) is 36.5 Å². The van der Waals surface area contributed by atoms with Crippen molar-refractivity contribution in [3.8, 4) is 0 Å². The Labute approximate surface area is 141 Å². The second-order valence-electron chi connectivity index (χ2n) is 6.33. The van der Waals surface area contributed by atoms with Crippen LogP contribution in [0.15, 0.2) is 24.3 Å². The van der Waals surface area contributed by atoms with Crippen molar-refractivity contribution < 1.29 is 14.4 Å². The normalized spacial score (nSPS) is 13.3. The zero-order valence-corrected chi connectivity index (χ0v) is 14.3. The lowest BCUT2D eigenvalue weighted by Gasteiger charge is -2.17. The maximum Gasteiger partial charge on any atom is 0.319 e. The maximum atomic E-state index is 12.3. The molecule has 1 fully saturated rings. The summed E-state index contributed by atoms with van der Waals surface area (Å²) in [6.07, 6.45) is 2.03. The Balaban J connectivity index is 1.87. The molecule has 0 unspecified atom stereocenters. The monoisotopic (exact) mass is 332 g/mol. The number of hydrogen-bond acceptors (Lipinski definition) is 3. The lowest BCUT2D eigenvalue weighted by molar-refractivity contribution is -0.121. The number of anilines is 1. The van der Waals surface area contributed by atoms with Gasteiger partial charge >= 0.3 is 6.03 Å². The number of nitrogens with zero attached hydrogens (tertiary/aromatic N) is 1. The molecule has 2 rings (SSSR count). The van der Waals surface area contributed by atoms with Crippen molar-refractivity contribution in [2.45, 2.75) is 38.8 Å². The molecular formula is C17H24N4O3. The molecule has 1 aliphatic rings. The van der Waals surface area contributed by atoms with Crippen molar-refractivity contribution in [1.82, 2.24) is 15.5 Å². The van der Waals surface area contributed by atoms with Crippen LogP contribution in [0.3, 0.4) is 0 Å². The summed E-state index contributed by atoms with van der Waals surface area (Å²) < 4.78 is 0. The largest absolute Gasteiger partial charge is 0.352 e. The molecular weight excluding hydrogens is 308 g/mol. The first kappa shape index (κ1) is 17.8. The topological polar surface area (TPSA) is 90.5 Å². The molecule has 0 heterocycles. The molecule has 0 atom stereocenters. The molecule has 130 valence electrons. The van der Waals surface area contributed by atoms with Gasteiger partial charge in [0, 0.05) is 30.4 Å². The highest BCUT2D eigenvalue weighted by Crippen LogP contribution is 2.18. The minimum atomic E-state index is -0.294. The molecule has 1 saturated carbocycles. The van der Waals surface area contributed by atoms with Crippen LogP contribution in [0.1, 0.15) is 37.0 Å². The predicted molar refractivity (Wildman–Crippen MR) is 91.9 cm³/mol. The number of likely N-dealkylation sites (N-methyl/N-ethyl adjacent to an activating group) is 1. The summed E-state index contributed by atoms with van der Waals surface area (Å²) in [7, 11) is 1.59. The Morgan fingerprint density at radius 2 is 1.79 bits per heavy atom. The van der Waals surface area contributed by atoms with Gasteiger partial charge in [0.1, 0.15) is 0 Å². The molecule has 1 aromatic rings. The number of hydrogen-bond donors (Lipinski definition) is 3. The minimum Gasteiger partial charge on any atom is -0.352 e. The highest BCUT2D eigenvalue weighted by Gasteiger charge is 2.24. The number of carbonyl (C=O) groups is 3. The maximum absolute atomic E-state index is 12.3. The molecule has 0 aliphatic heterocycles. The van der Waals surface area contributed by atoms with Crippen molar-refractivity contribution >= 4 is 23.5 Å². The van der Waals surface area contributed by atoms with Gasteiger partial charge in [-0.25, -0.2) is 4.79 Å². The van der Waals surface area contributed by atoms with Crippen LogP contribution in [0.25, 0.3) is 0 Å². The van der Waals surface area contributed by atoms with E-state index in [1.54, 1.807) is 31.3 Å². The Morgan fingerprint density at radius 1 is 1.17 bits per heavy atom.